The molecule has 0 aliphatic carbocycles. The lowest BCUT2D eigenvalue weighted by Crippen LogP contribution is -2.53. The number of carbonyl (C=O) groups is 1. The Morgan fingerprint density at radius 1 is 1.37 bits per heavy atom. The quantitative estimate of drug-likeness (QED) is 0.771. The molecule has 4 heteroatoms. The third kappa shape index (κ3) is 5.49. The van der Waals surface area contributed by atoms with Crippen LogP contribution in [0.4, 0.5) is 0 Å². The third-order valence-electron chi connectivity index (χ3n) is 3.80. The number of aliphatic hydroxyl groups excluding tert-OH is 1. The van der Waals surface area contributed by atoms with Crippen LogP contribution in [0.25, 0.3) is 0 Å². The predicted octanol–water partition coefficient (Wildman–Crippen LogP) is 1.63. The predicted molar refractivity (Wildman–Crippen MR) is 77.9 cm³/mol. The van der Waals surface area contributed by atoms with Gasteiger partial charge in [0.2, 0.25) is 5.91 Å². The topological polar surface area (TPSA) is 52.6 Å². The number of hydrogen-bond acceptors (Lipinski definition) is 3. The van der Waals surface area contributed by atoms with Crippen molar-refractivity contribution >= 4 is 5.91 Å². The van der Waals surface area contributed by atoms with E-state index in [1.54, 1.807) is 0 Å². The first-order valence-electron chi connectivity index (χ1n) is 7.63. The largest absolute Gasteiger partial charge is 0.393 e. The number of aliphatic hydroxyl groups is 1. The summed E-state index contributed by atoms with van der Waals surface area (Å²) >= 11 is 0. The third-order valence-corrected chi connectivity index (χ3v) is 3.80. The van der Waals surface area contributed by atoms with Crippen molar-refractivity contribution in [1.29, 1.82) is 0 Å². The standard InChI is InChI=1S/C15H30N2O2/c1-5-6-15(19)17-9-13(12(4)18)7-14(10-17)16-8-11(2)3/h11-14,16,18H,5-10H2,1-4H3. The number of carbonyl (C=O) groups excluding carboxylic acids is 1. The SMILES string of the molecule is CCCC(=O)N1CC(NCC(C)C)CC(C(C)O)C1. The van der Waals surface area contributed by atoms with Crippen molar-refractivity contribution in [2.75, 3.05) is 19.6 Å². The van der Waals surface area contributed by atoms with Gasteiger partial charge >= 0.3 is 0 Å². The molecule has 1 fully saturated rings. The van der Waals surface area contributed by atoms with Crippen LogP contribution in [-0.2, 0) is 4.79 Å². The van der Waals surface area contributed by atoms with E-state index in [-0.39, 0.29) is 17.9 Å². The molecule has 3 atom stereocenters. The second-order valence-corrected chi connectivity index (χ2v) is 6.28. The highest BCUT2D eigenvalue weighted by Gasteiger charge is 2.31. The normalized spacial score (nSPS) is 25.7. The maximum atomic E-state index is 12.1. The number of hydrogen-bond donors (Lipinski definition) is 2. The van der Waals surface area contributed by atoms with Crippen LogP contribution >= 0.6 is 0 Å². The van der Waals surface area contributed by atoms with Gasteiger partial charge < -0.3 is 15.3 Å². The molecule has 1 aliphatic rings. The summed E-state index contributed by atoms with van der Waals surface area (Å²) < 4.78 is 0. The maximum Gasteiger partial charge on any atom is 0.222 e. The smallest absolute Gasteiger partial charge is 0.222 e. The van der Waals surface area contributed by atoms with Gasteiger partial charge in [-0.2, -0.15) is 0 Å². The highest BCUT2D eigenvalue weighted by molar-refractivity contribution is 5.76. The Morgan fingerprint density at radius 2 is 2.05 bits per heavy atom. The summed E-state index contributed by atoms with van der Waals surface area (Å²) in [6.45, 7) is 10.7. The van der Waals surface area contributed by atoms with Crippen LogP contribution in [0.5, 0.6) is 0 Å². The molecule has 112 valence electrons. The van der Waals surface area contributed by atoms with Gasteiger partial charge in [-0.15, -0.1) is 0 Å². The van der Waals surface area contributed by atoms with E-state index in [4.69, 9.17) is 0 Å². The van der Waals surface area contributed by atoms with E-state index in [1.165, 1.54) is 0 Å². The van der Waals surface area contributed by atoms with Gasteiger partial charge in [0.05, 0.1) is 6.10 Å². The minimum Gasteiger partial charge on any atom is -0.393 e. The number of rotatable bonds is 6. The summed E-state index contributed by atoms with van der Waals surface area (Å²) in [6.07, 6.45) is 2.11. The summed E-state index contributed by atoms with van der Waals surface area (Å²) in [7, 11) is 0. The van der Waals surface area contributed by atoms with Crippen molar-refractivity contribution in [3.63, 3.8) is 0 Å². The molecule has 1 saturated heterocycles. The summed E-state index contributed by atoms with van der Waals surface area (Å²) in [5, 5.41) is 13.4. The molecule has 0 aromatic rings. The lowest BCUT2D eigenvalue weighted by Gasteiger charge is -2.39. The van der Waals surface area contributed by atoms with Crippen molar-refractivity contribution in [1.82, 2.24) is 10.2 Å². The van der Waals surface area contributed by atoms with E-state index >= 15 is 0 Å². The van der Waals surface area contributed by atoms with Crippen molar-refractivity contribution in [3.8, 4) is 0 Å². The minimum atomic E-state index is -0.347. The van der Waals surface area contributed by atoms with E-state index < -0.39 is 0 Å². The molecule has 0 radical (unpaired) electrons. The fourth-order valence-electron chi connectivity index (χ4n) is 2.61. The number of amides is 1. The van der Waals surface area contributed by atoms with Gasteiger partial charge in [0.15, 0.2) is 0 Å². The zero-order chi connectivity index (χ0) is 14.4. The molecule has 0 spiro atoms. The van der Waals surface area contributed by atoms with Gasteiger partial charge in [0, 0.05) is 31.5 Å². The van der Waals surface area contributed by atoms with Crippen LogP contribution in [0.15, 0.2) is 0 Å². The Kier molecular flexibility index (Phi) is 6.80. The van der Waals surface area contributed by atoms with Gasteiger partial charge in [-0.3, -0.25) is 4.79 Å². The van der Waals surface area contributed by atoms with Crippen LogP contribution in [-0.4, -0.2) is 47.7 Å². The zero-order valence-corrected chi connectivity index (χ0v) is 12.9. The molecular weight excluding hydrogens is 240 g/mol. The van der Waals surface area contributed by atoms with Gasteiger partial charge in [-0.1, -0.05) is 20.8 Å². The van der Waals surface area contributed by atoms with Crippen molar-refractivity contribution in [2.24, 2.45) is 11.8 Å². The molecule has 0 aromatic carbocycles. The highest BCUT2D eigenvalue weighted by Crippen LogP contribution is 2.21. The molecular formula is C15H30N2O2. The fraction of sp³-hybridized carbons (Fsp3) is 0.933. The van der Waals surface area contributed by atoms with Crippen LogP contribution in [0.2, 0.25) is 0 Å². The second-order valence-electron chi connectivity index (χ2n) is 6.28. The Bertz CT molecular complexity index is 279. The summed E-state index contributed by atoms with van der Waals surface area (Å²) in [5.41, 5.74) is 0. The fourth-order valence-corrected chi connectivity index (χ4v) is 2.61. The van der Waals surface area contributed by atoms with E-state index in [9.17, 15) is 9.90 Å². The van der Waals surface area contributed by atoms with E-state index in [0.29, 0.717) is 24.9 Å². The van der Waals surface area contributed by atoms with Crippen LogP contribution < -0.4 is 5.32 Å². The molecule has 3 unspecified atom stereocenters. The van der Waals surface area contributed by atoms with Gasteiger partial charge in [-0.05, 0) is 32.2 Å². The lowest BCUT2D eigenvalue weighted by atomic mass is 9.89. The molecule has 1 aliphatic heterocycles. The number of nitrogens with one attached hydrogen (secondary N) is 1. The first-order valence-corrected chi connectivity index (χ1v) is 7.63. The molecule has 0 aromatic heterocycles. The molecule has 0 saturated carbocycles. The van der Waals surface area contributed by atoms with E-state index in [0.717, 1.165) is 25.9 Å². The molecule has 0 bridgehead atoms. The average molecular weight is 270 g/mol. The highest BCUT2D eigenvalue weighted by atomic mass is 16.3. The van der Waals surface area contributed by atoms with Gasteiger partial charge in [-0.25, -0.2) is 0 Å². The first-order chi connectivity index (χ1) is 8.93. The summed E-state index contributed by atoms with van der Waals surface area (Å²) in [5.74, 6) is 1.02. The average Bonchev–Trinajstić information content (AvgIpc) is 2.36. The van der Waals surface area contributed by atoms with Crippen molar-refractivity contribution in [3.05, 3.63) is 0 Å². The van der Waals surface area contributed by atoms with Crippen LogP contribution in [0.3, 0.4) is 0 Å². The molecule has 1 rings (SSSR count). The van der Waals surface area contributed by atoms with Crippen molar-refractivity contribution in [2.45, 2.75) is 59.1 Å². The molecule has 19 heavy (non-hydrogen) atoms. The summed E-state index contributed by atoms with van der Waals surface area (Å²) in [6, 6.07) is 0.316. The Morgan fingerprint density at radius 3 is 2.58 bits per heavy atom. The summed E-state index contributed by atoms with van der Waals surface area (Å²) in [4.78, 5) is 14.0. The molecule has 4 nitrogen and oxygen atoms in total. The van der Waals surface area contributed by atoms with Crippen LogP contribution in [0, 0.1) is 11.8 Å². The van der Waals surface area contributed by atoms with E-state index in [1.807, 2.05) is 18.7 Å². The Labute approximate surface area is 117 Å². The monoisotopic (exact) mass is 270 g/mol. The van der Waals surface area contributed by atoms with Crippen molar-refractivity contribution < 1.29 is 9.90 Å². The Hall–Kier alpha value is -0.610. The van der Waals surface area contributed by atoms with E-state index in [2.05, 4.69) is 19.2 Å². The second kappa shape index (κ2) is 7.85. The van der Waals surface area contributed by atoms with Crippen LogP contribution in [0.1, 0.15) is 47.0 Å². The lowest BCUT2D eigenvalue weighted by molar-refractivity contribution is -0.134. The number of likely N-dealkylation sites (tertiary alicyclic amines) is 1. The van der Waals surface area contributed by atoms with Gasteiger partial charge in [0.1, 0.15) is 0 Å². The zero-order valence-electron chi connectivity index (χ0n) is 12.9. The number of piperidine rings is 1. The Balaban J connectivity index is 2.59. The maximum absolute atomic E-state index is 12.1. The molecule has 2 N–H and O–H groups in total. The first kappa shape index (κ1) is 16.4. The number of nitrogens with zero attached hydrogens (tertiary/aromatic N) is 1. The van der Waals surface area contributed by atoms with Gasteiger partial charge in [0.25, 0.3) is 0 Å². The molecule has 1 amide bonds. The molecule has 1 heterocycles. The minimum absolute atomic E-state index is 0.194.